The molecule has 5 nitrogen and oxygen atoms in total. The lowest BCUT2D eigenvalue weighted by molar-refractivity contribution is -0.120. The summed E-state index contributed by atoms with van der Waals surface area (Å²) in [5.41, 5.74) is 3.07. The number of aromatic amines is 1. The second-order valence-electron chi connectivity index (χ2n) is 4.26. The summed E-state index contributed by atoms with van der Waals surface area (Å²) in [7, 11) is 0. The highest BCUT2D eigenvalue weighted by Gasteiger charge is 2.02. The number of amides is 1. The maximum absolute atomic E-state index is 11.4. The summed E-state index contributed by atoms with van der Waals surface area (Å²) in [6.07, 6.45) is 3.87. The van der Waals surface area contributed by atoms with Gasteiger partial charge in [-0.2, -0.15) is 0 Å². The number of anilines is 1. The van der Waals surface area contributed by atoms with Gasteiger partial charge in [0.1, 0.15) is 0 Å². The Hall–Kier alpha value is -2.30. The number of hydrogen-bond acceptors (Lipinski definition) is 3. The highest BCUT2D eigenvalue weighted by Crippen LogP contribution is 2.11. The second-order valence-corrected chi connectivity index (χ2v) is 4.26. The Bertz CT molecular complexity index is 505. The van der Waals surface area contributed by atoms with E-state index >= 15 is 0 Å². The fourth-order valence-corrected chi connectivity index (χ4v) is 1.76. The number of carbonyl (C=O) groups excluding carboxylic acids is 1. The third-order valence-corrected chi connectivity index (χ3v) is 2.73. The van der Waals surface area contributed by atoms with Crippen LogP contribution < -0.4 is 10.6 Å². The van der Waals surface area contributed by atoms with E-state index < -0.39 is 0 Å². The molecule has 19 heavy (non-hydrogen) atoms. The van der Waals surface area contributed by atoms with E-state index in [0.29, 0.717) is 19.5 Å². The predicted octanol–water partition coefficient (Wildman–Crippen LogP) is 1.70. The van der Waals surface area contributed by atoms with Crippen LogP contribution in [0, 0.1) is 0 Å². The van der Waals surface area contributed by atoms with Gasteiger partial charge in [0.15, 0.2) is 0 Å². The summed E-state index contributed by atoms with van der Waals surface area (Å²) >= 11 is 0. The van der Waals surface area contributed by atoms with E-state index in [0.717, 1.165) is 16.9 Å². The molecular formula is C14H18N4O. The second kappa shape index (κ2) is 6.58. The number of nitrogens with one attached hydrogen (secondary N) is 3. The van der Waals surface area contributed by atoms with Crippen molar-refractivity contribution < 1.29 is 4.79 Å². The van der Waals surface area contributed by atoms with Crippen LogP contribution in [0.25, 0.3) is 0 Å². The Labute approximate surface area is 112 Å². The molecule has 0 aliphatic carbocycles. The Balaban J connectivity index is 1.85. The number of hydrogen-bond donors (Lipinski definition) is 3. The molecule has 1 aromatic carbocycles. The van der Waals surface area contributed by atoms with Gasteiger partial charge in [-0.05, 0) is 24.6 Å². The largest absolute Gasteiger partial charge is 0.379 e. The third-order valence-electron chi connectivity index (χ3n) is 2.73. The minimum Gasteiger partial charge on any atom is -0.379 e. The number of imidazole rings is 1. The number of H-pyrrole nitrogens is 1. The number of aromatic nitrogens is 2. The zero-order valence-electron chi connectivity index (χ0n) is 10.9. The number of carbonyl (C=O) groups is 1. The zero-order valence-corrected chi connectivity index (χ0v) is 10.9. The van der Waals surface area contributed by atoms with Crippen LogP contribution in [0.3, 0.4) is 0 Å². The lowest BCUT2D eigenvalue weighted by Gasteiger charge is -2.06. The molecule has 0 radical (unpaired) electrons. The van der Waals surface area contributed by atoms with E-state index in [1.165, 1.54) is 0 Å². The lowest BCUT2D eigenvalue weighted by atomic mass is 10.1. The maximum Gasteiger partial charge on any atom is 0.224 e. The number of rotatable bonds is 6. The zero-order chi connectivity index (χ0) is 13.5. The molecule has 1 amide bonds. The van der Waals surface area contributed by atoms with Gasteiger partial charge in [-0.3, -0.25) is 4.79 Å². The molecule has 3 N–H and O–H groups in total. The molecule has 0 atom stereocenters. The number of nitrogens with zero attached hydrogens (tertiary/aromatic N) is 1. The van der Waals surface area contributed by atoms with Crippen LogP contribution >= 0.6 is 0 Å². The lowest BCUT2D eigenvalue weighted by Crippen LogP contribution is -2.24. The molecule has 0 saturated heterocycles. The first-order valence-electron chi connectivity index (χ1n) is 6.34. The quantitative estimate of drug-likeness (QED) is 0.738. The monoisotopic (exact) mass is 258 g/mol. The van der Waals surface area contributed by atoms with Crippen molar-refractivity contribution in [3.05, 3.63) is 48.0 Å². The average molecular weight is 258 g/mol. The molecule has 0 spiro atoms. The van der Waals surface area contributed by atoms with Crippen LogP contribution in [-0.4, -0.2) is 22.4 Å². The molecular weight excluding hydrogens is 240 g/mol. The van der Waals surface area contributed by atoms with Crippen LogP contribution in [0.5, 0.6) is 0 Å². The summed E-state index contributed by atoms with van der Waals surface area (Å²) in [6, 6.07) is 7.88. The molecule has 1 aromatic heterocycles. The topological polar surface area (TPSA) is 69.8 Å². The SMILES string of the molecule is CCNC(=O)Cc1ccc(NCc2cnc[nH]2)cc1. The van der Waals surface area contributed by atoms with E-state index in [2.05, 4.69) is 20.6 Å². The van der Waals surface area contributed by atoms with Crippen molar-refractivity contribution in [3.63, 3.8) is 0 Å². The van der Waals surface area contributed by atoms with Gasteiger partial charge in [-0.25, -0.2) is 4.98 Å². The smallest absolute Gasteiger partial charge is 0.224 e. The summed E-state index contributed by atoms with van der Waals surface area (Å²) in [5, 5.41) is 6.07. The fourth-order valence-electron chi connectivity index (χ4n) is 1.76. The van der Waals surface area contributed by atoms with Gasteiger partial charge in [0, 0.05) is 18.4 Å². The van der Waals surface area contributed by atoms with Crippen LogP contribution in [0.4, 0.5) is 5.69 Å². The molecule has 1 heterocycles. The van der Waals surface area contributed by atoms with E-state index in [-0.39, 0.29) is 5.91 Å². The van der Waals surface area contributed by atoms with Crippen LogP contribution in [0.15, 0.2) is 36.8 Å². The highest BCUT2D eigenvalue weighted by molar-refractivity contribution is 5.78. The normalized spacial score (nSPS) is 10.2. The molecule has 2 rings (SSSR count). The van der Waals surface area contributed by atoms with Crippen molar-refractivity contribution in [2.75, 3.05) is 11.9 Å². The molecule has 2 aromatic rings. The van der Waals surface area contributed by atoms with E-state index in [1.54, 1.807) is 12.5 Å². The number of likely N-dealkylation sites (N-methyl/N-ethyl adjacent to an activating group) is 1. The average Bonchev–Trinajstić information content (AvgIpc) is 2.91. The molecule has 5 heteroatoms. The first kappa shape index (κ1) is 13.1. The van der Waals surface area contributed by atoms with Gasteiger partial charge in [-0.1, -0.05) is 12.1 Å². The van der Waals surface area contributed by atoms with Crippen molar-refractivity contribution in [1.29, 1.82) is 0 Å². The van der Waals surface area contributed by atoms with E-state index in [9.17, 15) is 4.79 Å². The summed E-state index contributed by atoms with van der Waals surface area (Å²) < 4.78 is 0. The predicted molar refractivity (Wildman–Crippen MR) is 74.7 cm³/mol. The summed E-state index contributed by atoms with van der Waals surface area (Å²) in [4.78, 5) is 18.4. The van der Waals surface area contributed by atoms with E-state index in [1.807, 2.05) is 31.2 Å². The molecule has 100 valence electrons. The van der Waals surface area contributed by atoms with Crippen molar-refractivity contribution in [3.8, 4) is 0 Å². The van der Waals surface area contributed by atoms with Gasteiger partial charge in [0.05, 0.1) is 25.0 Å². The minimum atomic E-state index is 0.0562. The number of benzene rings is 1. The fraction of sp³-hybridized carbons (Fsp3) is 0.286. The highest BCUT2D eigenvalue weighted by atomic mass is 16.1. The first-order chi connectivity index (χ1) is 9.28. The molecule has 0 aliphatic rings. The molecule has 0 bridgehead atoms. The van der Waals surface area contributed by atoms with Crippen LogP contribution in [0.1, 0.15) is 18.2 Å². The minimum absolute atomic E-state index is 0.0562. The Kier molecular flexibility index (Phi) is 4.55. The first-order valence-corrected chi connectivity index (χ1v) is 6.34. The van der Waals surface area contributed by atoms with E-state index in [4.69, 9.17) is 0 Å². The third kappa shape index (κ3) is 4.13. The Morgan fingerprint density at radius 1 is 1.32 bits per heavy atom. The van der Waals surface area contributed by atoms with Crippen molar-refractivity contribution in [2.24, 2.45) is 0 Å². The maximum atomic E-state index is 11.4. The van der Waals surface area contributed by atoms with Crippen molar-refractivity contribution in [1.82, 2.24) is 15.3 Å². The molecule has 0 saturated carbocycles. The molecule has 0 fully saturated rings. The molecule has 0 unspecified atom stereocenters. The summed E-state index contributed by atoms with van der Waals surface area (Å²) in [5.74, 6) is 0.0562. The Morgan fingerprint density at radius 2 is 2.11 bits per heavy atom. The van der Waals surface area contributed by atoms with Crippen molar-refractivity contribution in [2.45, 2.75) is 19.9 Å². The van der Waals surface area contributed by atoms with Crippen LogP contribution in [0.2, 0.25) is 0 Å². The molecule has 0 aliphatic heterocycles. The summed E-state index contributed by atoms with van der Waals surface area (Å²) in [6.45, 7) is 3.29. The van der Waals surface area contributed by atoms with Gasteiger partial charge < -0.3 is 15.6 Å². The van der Waals surface area contributed by atoms with Gasteiger partial charge in [0.25, 0.3) is 0 Å². The van der Waals surface area contributed by atoms with Gasteiger partial charge >= 0.3 is 0 Å². The Morgan fingerprint density at radius 3 is 2.74 bits per heavy atom. The standard InChI is InChI=1S/C14H18N4O/c1-2-16-14(19)7-11-3-5-12(6-4-11)17-9-13-8-15-10-18-13/h3-6,8,10,17H,2,7,9H2,1H3,(H,15,18)(H,16,19). The van der Waals surface area contributed by atoms with Crippen LogP contribution in [-0.2, 0) is 17.8 Å². The van der Waals surface area contributed by atoms with Crippen molar-refractivity contribution >= 4 is 11.6 Å². The van der Waals surface area contributed by atoms with Gasteiger partial charge in [0.2, 0.25) is 5.91 Å². The van der Waals surface area contributed by atoms with Gasteiger partial charge in [-0.15, -0.1) is 0 Å².